The number of hydrogen-bond donors (Lipinski definition) is 0. The number of rotatable bonds is 3. The maximum Gasteiger partial charge on any atom is 0.244 e. The molecule has 0 N–H and O–H groups in total. The number of methoxy groups -OCH3 is 1. The van der Waals surface area contributed by atoms with Gasteiger partial charge in [0.15, 0.2) is 0 Å². The number of ether oxygens (including phenoxy) is 1. The lowest BCUT2D eigenvalue weighted by molar-refractivity contribution is -0.128. The van der Waals surface area contributed by atoms with E-state index >= 15 is 0 Å². The number of hydrogen-bond acceptors (Lipinski definition) is 3. The Labute approximate surface area is 99.9 Å². The van der Waals surface area contributed by atoms with E-state index in [4.69, 9.17) is 16.3 Å². The highest BCUT2D eigenvalue weighted by atomic mass is 35.5. The average molecular weight is 246 g/mol. The van der Waals surface area contributed by atoms with Crippen molar-refractivity contribution in [2.24, 2.45) is 7.05 Å². The minimum absolute atomic E-state index is 0.184. The predicted octanol–water partition coefficient (Wildman–Crippen LogP) is 1.11. The number of likely N-dealkylation sites (N-methyl/N-ethyl adjacent to an activating group) is 1. The van der Waals surface area contributed by atoms with Crippen LogP contribution in [-0.2, 0) is 11.8 Å². The fourth-order valence-electron chi connectivity index (χ4n) is 1.54. The van der Waals surface area contributed by atoms with E-state index in [9.17, 15) is 4.79 Å². The van der Waals surface area contributed by atoms with Gasteiger partial charge in [-0.15, -0.1) is 11.6 Å². The summed E-state index contributed by atoms with van der Waals surface area (Å²) in [7, 11) is 6.61. The molecule has 0 fully saturated rings. The van der Waals surface area contributed by atoms with Gasteiger partial charge in [0.1, 0.15) is 5.38 Å². The first-order chi connectivity index (χ1) is 7.40. The van der Waals surface area contributed by atoms with E-state index in [2.05, 4.69) is 5.10 Å². The van der Waals surface area contributed by atoms with Crippen LogP contribution >= 0.6 is 11.6 Å². The number of alkyl halides is 1. The van der Waals surface area contributed by atoms with E-state index in [0.717, 1.165) is 0 Å². The van der Waals surface area contributed by atoms with Crippen LogP contribution in [0.1, 0.15) is 16.6 Å². The molecule has 0 aliphatic carbocycles. The van der Waals surface area contributed by atoms with Gasteiger partial charge in [0.05, 0.1) is 18.4 Å². The lowest BCUT2D eigenvalue weighted by Crippen LogP contribution is -2.26. The van der Waals surface area contributed by atoms with Crippen LogP contribution in [0.3, 0.4) is 0 Å². The zero-order valence-electron chi connectivity index (χ0n) is 10.1. The first-order valence-corrected chi connectivity index (χ1v) is 5.26. The largest absolute Gasteiger partial charge is 0.481 e. The van der Waals surface area contributed by atoms with E-state index < -0.39 is 5.38 Å². The summed E-state index contributed by atoms with van der Waals surface area (Å²) in [6, 6.07) is 0. The molecule has 16 heavy (non-hydrogen) atoms. The van der Waals surface area contributed by atoms with E-state index in [1.807, 2.05) is 0 Å². The summed E-state index contributed by atoms with van der Waals surface area (Å²) >= 11 is 6.13. The Morgan fingerprint density at radius 3 is 2.56 bits per heavy atom. The van der Waals surface area contributed by atoms with Crippen LogP contribution in [0.5, 0.6) is 5.88 Å². The average Bonchev–Trinajstić information content (AvgIpc) is 2.50. The van der Waals surface area contributed by atoms with Crippen LogP contribution in [0.25, 0.3) is 0 Å². The second kappa shape index (κ2) is 4.74. The van der Waals surface area contributed by atoms with Crippen molar-refractivity contribution in [2.75, 3.05) is 21.2 Å². The monoisotopic (exact) mass is 245 g/mol. The number of halogens is 1. The molecule has 1 heterocycles. The minimum atomic E-state index is -0.765. The summed E-state index contributed by atoms with van der Waals surface area (Å²) in [4.78, 5) is 13.2. The standard InChI is InChI=1S/C10H16ClN3O2/c1-6-7(8(11)9(15)13(2)3)10(16-5)14(4)12-6/h8H,1-5H3. The molecule has 0 aliphatic heterocycles. The number of amides is 1. The van der Waals surface area contributed by atoms with Gasteiger partial charge >= 0.3 is 0 Å². The Kier molecular flexibility index (Phi) is 3.80. The van der Waals surface area contributed by atoms with Gasteiger partial charge in [-0.2, -0.15) is 5.10 Å². The Morgan fingerprint density at radius 1 is 1.56 bits per heavy atom. The smallest absolute Gasteiger partial charge is 0.244 e. The van der Waals surface area contributed by atoms with Gasteiger partial charge in [0.2, 0.25) is 11.8 Å². The lowest BCUT2D eigenvalue weighted by atomic mass is 10.1. The molecule has 6 heteroatoms. The summed E-state index contributed by atoms with van der Waals surface area (Å²) < 4.78 is 6.77. The summed E-state index contributed by atoms with van der Waals surface area (Å²) in [6.45, 7) is 1.80. The molecule has 1 unspecified atom stereocenters. The Balaban J connectivity index is 3.17. The number of carbonyl (C=O) groups is 1. The molecule has 0 radical (unpaired) electrons. The Bertz CT molecular complexity index is 401. The van der Waals surface area contributed by atoms with Crippen molar-refractivity contribution in [1.82, 2.24) is 14.7 Å². The highest BCUT2D eigenvalue weighted by molar-refractivity contribution is 6.31. The molecule has 1 amide bonds. The van der Waals surface area contributed by atoms with Crippen molar-refractivity contribution in [3.63, 3.8) is 0 Å². The van der Waals surface area contributed by atoms with E-state index in [-0.39, 0.29) is 5.91 Å². The van der Waals surface area contributed by atoms with Gasteiger partial charge in [-0.05, 0) is 6.92 Å². The van der Waals surface area contributed by atoms with Crippen LogP contribution in [0.4, 0.5) is 0 Å². The Morgan fingerprint density at radius 2 is 2.12 bits per heavy atom. The first-order valence-electron chi connectivity index (χ1n) is 4.82. The molecule has 90 valence electrons. The third kappa shape index (κ3) is 2.14. The maximum absolute atomic E-state index is 11.8. The maximum atomic E-state index is 11.8. The highest BCUT2D eigenvalue weighted by Gasteiger charge is 2.28. The lowest BCUT2D eigenvalue weighted by Gasteiger charge is -2.15. The molecule has 0 saturated carbocycles. The minimum Gasteiger partial charge on any atom is -0.481 e. The second-order valence-electron chi connectivity index (χ2n) is 3.73. The van der Waals surface area contributed by atoms with Crippen molar-refractivity contribution in [2.45, 2.75) is 12.3 Å². The molecule has 0 aliphatic rings. The topological polar surface area (TPSA) is 47.4 Å². The van der Waals surface area contributed by atoms with Crippen LogP contribution in [0.15, 0.2) is 0 Å². The summed E-state index contributed by atoms with van der Waals surface area (Å²) in [5.41, 5.74) is 1.33. The van der Waals surface area contributed by atoms with Crippen LogP contribution in [0, 0.1) is 6.92 Å². The quantitative estimate of drug-likeness (QED) is 0.750. The zero-order chi connectivity index (χ0) is 12.5. The van der Waals surface area contributed by atoms with Gasteiger partial charge in [0.25, 0.3) is 0 Å². The van der Waals surface area contributed by atoms with E-state index in [0.29, 0.717) is 17.1 Å². The number of carbonyl (C=O) groups excluding carboxylic acids is 1. The van der Waals surface area contributed by atoms with Crippen LogP contribution in [-0.4, -0.2) is 41.8 Å². The molecule has 0 spiro atoms. The molecule has 1 atom stereocenters. The number of aryl methyl sites for hydroxylation is 2. The molecule has 0 saturated heterocycles. The Hall–Kier alpha value is -1.23. The molecular weight excluding hydrogens is 230 g/mol. The molecule has 1 aromatic rings. The molecular formula is C10H16ClN3O2. The van der Waals surface area contributed by atoms with Crippen molar-refractivity contribution in [1.29, 1.82) is 0 Å². The predicted molar refractivity (Wildman–Crippen MR) is 61.8 cm³/mol. The number of nitrogens with zero attached hydrogens (tertiary/aromatic N) is 3. The summed E-state index contributed by atoms with van der Waals surface area (Å²) in [5.74, 6) is 0.337. The van der Waals surface area contributed by atoms with Gasteiger partial charge in [-0.1, -0.05) is 0 Å². The van der Waals surface area contributed by atoms with Crippen molar-refractivity contribution >= 4 is 17.5 Å². The van der Waals surface area contributed by atoms with E-state index in [1.165, 1.54) is 12.0 Å². The highest BCUT2D eigenvalue weighted by Crippen LogP contribution is 2.33. The summed E-state index contributed by atoms with van der Waals surface area (Å²) in [6.07, 6.45) is 0. The fourth-order valence-corrected chi connectivity index (χ4v) is 1.98. The molecule has 1 rings (SSSR count). The first kappa shape index (κ1) is 12.8. The third-order valence-electron chi connectivity index (χ3n) is 2.32. The van der Waals surface area contributed by atoms with Gasteiger partial charge < -0.3 is 9.64 Å². The second-order valence-corrected chi connectivity index (χ2v) is 4.16. The van der Waals surface area contributed by atoms with Crippen LogP contribution in [0.2, 0.25) is 0 Å². The van der Waals surface area contributed by atoms with Gasteiger partial charge in [-0.25, -0.2) is 4.68 Å². The normalized spacial score (nSPS) is 12.4. The third-order valence-corrected chi connectivity index (χ3v) is 2.72. The van der Waals surface area contributed by atoms with Gasteiger partial charge in [0, 0.05) is 21.1 Å². The van der Waals surface area contributed by atoms with Crippen molar-refractivity contribution in [3.8, 4) is 5.88 Å². The molecule has 1 aromatic heterocycles. The van der Waals surface area contributed by atoms with Crippen molar-refractivity contribution < 1.29 is 9.53 Å². The fraction of sp³-hybridized carbons (Fsp3) is 0.600. The SMILES string of the molecule is COc1c(C(Cl)C(=O)N(C)C)c(C)nn1C. The molecule has 0 bridgehead atoms. The number of aromatic nitrogens is 2. The van der Waals surface area contributed by atoms with E-state index in [1.54, 1.807) is 32.7 Å². The van der Waals surface area contributed by atoms with Gasteiger partial charge in [-0.3, -0.25) is 4.79 Å². The summed E-state index contributed by atoms with van der Waals surface area (Å²) in [5, 5.41) is 3.42. The molecule has 0 aromatic carbocycles. The van der Waals surface area contributed by atoms with Crippen LogP contribution < -0.4 is 4.74 Å². The zero-order valence-corrected chi connectivity index (χ0v) is 10.9. The van der Waals surface area contributed by atoms with Crippen molar-refractivity contribution in [3.05, 3.63) is 11.3 Å². The molecule has 5 nitrogen and oxygen atoms in total.